The molecule has 0 spiro atoms. The summed E-state index contributed by atoms with van der Waals surface area (Å²) in [6, 6.07) is 2.98. The predicted octanol–water partition coefficient (Wildman–Crippen LogP) is 3.21. The van der Waals surface area contributed by atoms with Crippen LogP contribution >= 0.6 is 0 Å². The molecule has 5 nitrogen and oxygen atoms in total. The first-order valence-corrected chi connectivity index (χ1v) is 9.98. The minimum absolute atomic E-state index is 0.169. The van der Waals surface area contributed by atoms with Gasteiger partial charge in [0.25, 0.3) is 5.91 Å². The van der Waals surface area contributed by atoms with Gasteiger partial charge in [-0.25, -0.2) is 0 Å². The molecule has 1 aromatic rings. The predicted molar refractivity (Wildman–Crippen MR) is 98.9 cm³/mol. The first-order chi connectivity index (χ1) is 11.9. The number of carbonyl (C=O) groups excluding carboxylic acids is 1. The molecule has 1 aliphatic carbocycles. The molecule has 0 N–H and O–H groups in total. The van der Waals surface area contributed by atoms with Gasteiger partial charge in [-0.05, 0) is 79.0 Å². The van der Waals surface area contributed by atoms with Crippen molar-refractivity contribution in [2.45, 2.75) is 82.8 Å². The van der Waals surface area contributed by atoms with Gasteiger partial charge in [-0.2, -0.15) is 5.10 Å². The maximum atomic E-state index is 13.5. The van der Waals surface area contributed by atoms with Crippen LogP contribution in [-0.2, 0) is 5.54 Å². The van der Waals surface area contributed by atoms with Crippen LogP contribution in [0.3, 0.4) is 0 Å². The Kier molecular flexibility index (Phi) is 4.18. The van der Waals surface area contributed by atoms with Gasteiger partial charge >= 0.3 is 0 Å². The van der Waals surface area contributed by atoms with E-state index in [9.17, 15) is 4.79 Å². The van der Waals surface area contributed by atoms with Crippen molar-refractivity contribution in [3.63, 3.8) is 0 Å². The molecule has 5 heteroatoms. The number of likely N-dealkylation sites (tertiary alicyclic amines) is 2. The fourth-order valence-corrected chi connectivity index (χ4v) is 4.66. The highest BCUT2D eigenvalue weighted by atomic mass is 16.2. The summed E-state index contributed by atoms with van der Waals surface area (Å²) in [7, 11) is 2.21. The van der Waals surface area contributed by atoms with Crippen molar-refractivity contribution in [3.05, 3.63) is 17.5 Å². The molecule has 0 bridgehead atoms. The summed E-state index contributed by atoms with van der Waals surface area (Å²) in [6.45, 7) is 8.47. The van der Waals surface area contributed by atoms with Crippen molar-refractivity contribution >= 4 is 5.91 Å². The summed E-state index contributed by atoms with van der Waals surface area (Å²) < 4.78 is 1.98. The van der Waals surface area contributed by atoms with E-state index in [0.717, 1.165) is 37.3 Å². The summed E-state index contributed by atoms with van der Waals surface area (Å²) in [5.41, 5.74) is 1.74. The first kappa shape index (κ1) is 17.1. The monoisotopic (exact) mass is 344 g/mol. The van der Waals surface area contributed by atoms with Crippen LogP contribution in [0.2, 0.25) is 0 Å². The molecule has 2 saturated heterocycles. The number of rotatable bonds is 3. The Hall–Kier alpha value is -1.36. The average Bonchev–Trinajstić information content (AvgIpc) is 2.99. The van der Waals surface area contributed by atoms with Gasteiger partial charge in [-0.15, -0.1) is 0 Å². The SMILES string of the molecule is CN1CCC[C@H]1[C@@H]1CCCN1C(=O)c1cc(C2CC2)nn1C(C)(C)C. The highest BCUT2D eigenvalue weighted by Crippen LogP contribution is 2.40. The molecule has 1 saturated carbocycles. The fourth-order valence-electron chi connectivity index (χ4n) is 4.66. The van der Waals surface area contributed by atoms with Gasteiger partial charge in [0.15, 0.2) is 0 Å². The van der Waals surface area contributed by atoms with E-state index in [4.69, 9.17) is 5.10 Å². The number of nitrogens with zero attached hydrogens (tertiary/aromatic N) is 4. The molecule has 4 rings (SSSR count). The molecule has 2 atom stereocenters. The zero-order valence-electron chi connectivity index (χ0n) is 16.2. The Labute approximate surface area is 151 Å². The summed E-state index contributed by atoms with van der Waals surface area (Å²) in [6.07, 6.45) is 7.17. The molecule has 1 aromatic heterocycles. The molecule has 1 amide bonds. The average molecular weight is 345 g/mol. The summed E-state index contributed by atoms with van der Waals surface area (Å²) in [4.78, 5) is 18.1. The van der Waals surface area contributed by atoms with Crippen molar-refractivity contribution in [3.8, 4) is 0 Å². The molecule has 25 heavy (non-hydrogen) atoms. The Morgan fingerprint density at radius 3 is 2.36 bits per heavy atom. The zero-order chi connectivity index (χ0) is 17.8. The maximum absolute atomic E-state index is 13.5. The van der Waals surface area contributed by atoms with E-state index in [-0.39, 0.29) is 11.4 Å². The quantitative estimate of drug-likeness (QED) is 0.845. The smallest absolute Gasteiger partial charge is 0.272 e. The first-order valence-electron chi connectivity index (χ1n) is 9.98. The summed E-state index contributed by atoms with van der Waals surface area (Å²) >= 11 is 0. The van der Waals surface area contributed by atoms with Gasteiger partial charge in [-0.3, -0.25) is 9.48 Å². The van der Waals surface area contributed by atoms with Crippen LogP contribution in [0.4, 0.5) is 0 Å². The van der Waals surface area contributed by atoms with E-state index in [0.29, 0.717) is 18.0 Å². The van der Waals surface area contributed by atoms with Gasteiger partial charge in [-0.1, -0.05) is 0 Å². The zero-order valence-corrected chi connectivity index (χ0v) is 16.2. The highest BCUT2D eigenvalue weighted by molar-refractivity contribution is 5.93. The van der Waals surface area contributed by atoms with Gasteiger partial charge in [0.1, 0.15) is 5.69 Å². The van der Waals surface area contributed by atoms with Crippen molar-refractivity contribution in [1.29, 1.82) is 0 Å². The number of likely N-dealkylation sites (N-methyl/N-ethyl adjacent to an activating group) is 1. The van der Waals surface area contributed by atoms with Crippen molar-refractivity contribution < 1.29 is 4.79 Å². The second-order valence-corrected chi connectivity index (χ2v) is 9.21. The molecule has 0 unspecified atom stereocenters. The molecule has 138 valence electrons. The fraction of sp³-hybridized carbons (Fsp3) is 0.800. The Morgan fingerprint density at radius 2 is 1.76 bits per heavy atom. The third kappa shape index (κ3) is 3.12. The number of aromatic nitrogens is 2. The number of carbonyl (C=O) groups is 1. The van der Waals surface area contributed by atoms with Crippen LogP contribution in [0, 0.1) is 0 Å². The van der Waals surface area contributed by atoms with Crippen LogP contribution in [-0.4, -0.2) is 57.7 Å². The third-order valence-corrected chi connectivity index (χ3v) is 6.16. The standard InChI is InChI=1S/C20H32N4O/c1-20(2,3)24-18(13-15(21-24)14-9-10-14)19(25)23-12-6-8-17(23)16-7-5-11-22(16)4/h13-14,16-17H,5-12H2,1-4H3/t16-,17-/m0/s1. The van der Waals surface area contributed by atoms with Crippen LogP contribution < -0.4 is 0 Å². The van der Waals surface area contributed by atoms with Gasteiger partial charge in [0, 0.05) is 24.5 Å². The third-order valence-electron chi connectivity index (χ3n) is 6.16. The second-order valence-electron chi connectivity index (χ2n) is 9.21. The molecular formula is C20H32N4O. The van der Waals surface area contributed by atoms with Crippen LogP contribution in [0.15, 0.2) is 6.07 Å². The molecule has 0 radical (unpaired) electrons. The van der Waals surface area contributed by atoms with Crippen molar-refractivity contribution in [2.75, 3.05) is 20.1 Å². The van der Waals surface area contributed by atoms with Gasteiger partial charge < -0.3 is 9.80 Å². The van der Waals surface area contributed by atoms with Crippen molar-refractivity contribution in [1.82, 2.24) is 19.6 Å². The van der Waals surface area contributed by atoms with E-state index >= 15 is 0 Å². The van der Waals surface area contributed by atoms with Crippen LogP contribution in [0.25, 0.3) is 0 Å². The lowest BCUT2D eigenvalue weighted by atomic mass is 10.0. The Morgan fingerprint density at radius 1 is 1.08 bits per heavy atom. The maximum Gasteiger partial charge on any atom is 0.272 e. The second kappa shape index (κ2) is 6.11. The largest absolute Gasteiger partial charge is 0.333 e. The molecule has 3 heterocycles. The summed E-state index contributed by atoms with van der Waals surface area (Å²) in [5, 5.41) is 4.83. The molecule has 3 fully saturated rings. The topological polar surface area (TPSA) is 41.4 Å². The number of hydrogen-bond donors (Lipinski definition) is 0. The number of hydrogen-bond acceptors (Lipinski definition) is 3. The Balaban J connectivity index is 1.63. The van der Waals surface area contributed by atoms with Crippen LogP contribution in [0.1, 0.15) is 81.4 Å². The van der Waals surface area contributed by atoms with E-state index in [1.165, 1.54) is 25.7 Å². The lowest BCUT2D eigenvalue weighted by molar-refractivity contribution is 0.0644. The van der Waals surface area contributed by atoms with Gasteiger partial charge in [0.05, 0.1) is 11.2 Å². The lowest BCUT2D eigenvalue weighted by Crippen LogP contribution is -2.48. The van der Waals surface area contributed by atoms with E-state index in [2.05, 4.69) is 43.7 Å². The van der Waals surface area contributed by atoms with Crippen molar-refractivity contribution in [2.24, 2.45) is 0 Å². The highest BCUT2D eigenvalue weighted by Gasteiger charge is 2.40. The molecule has 3 aliphatic rings. The van der Waals surface area contributed by atoms with E-state index < -0.39 is 0 Å². The lowest BCUT2D eigenvalue weighted by Gasteiger charge is -2.34. The van der Waals surface area contributed by atoms with E-state index in [1.807, 2.05) is 4.68 Å². The summed E-state index contributed by atoms with van der Waals surface area (Å²) in [5.74, 6) is 0.766. The molecular weight excluding hydrogens is 312 g/mol. The minimum Gasteiger partial charge on any atom is -0.333 e. The number of amides is 1. The molecule has 2 aliphatic heterocycles. The normalized spacial score (nSPS) is 28.1. The van der Waals surface area contributed by atoms with E-state index in [1.54, 1.807) is 0 Å². The Bertz CT molecular complexity index is 655. The van der Waals surface area contributed by atoms with Gasteiger partial charge in [0.2, 0.25) is 0 Å². The minimum atomic E-state index is -0.169. The van der Waals surface area contributed by atoms with Crippen LogP contribution in [0.5, 0.6) is 0 Å². The molecule has 0 aromatic carbocycles.